The van der Waals surface area contributed by atoms with E-state index in [1.807, 2.05) is 54.6 Å². The largest absolute Gasteiger partial charge is 0.457 e. The Morgan fingerprint density at radius 1 is 1.07 bits per heavy atom. The molecule has 28 heavy (non-hydrogen) atoms. The van der Waals surface area contributed by atoms with Crippen molar-refractivity contribution >= 4 is 41.5 Å². The fourth-order valence-corrected chi connectivity index (χ4v) is 2.93. The van der Waals surface area contributed by atoms with Crippen molar-refractivity contribution < 1.29 is 14.3 Å². The van der Waals surface area contributed by atoms with Gasteiger partial charge in [0.15, 0.2) is 5.96 Å². The van der Waals surface area contributed by atoms with Crippen LogP contribution < -0.4 is 21.5 Å². The van der Waals surface area contributed by atoms with E-state index in [4.69, 9.17) is 20.9 Å². The normalized spacial score (nSPS) is 15.9. The van der Waals surface area contributed by atoms with Gasteiger partial charge in [-0.3, -0.25) is 9.79 Å². The number of carbonyl (C=O) groups excluding carboxylic acids is 1. The molecule has 1 fully saturated rings. The number of hydrogen-bond donors (Lipinski definition) is 3. The summed E-state index contributed by atoms with van der Waals surface area (Å²) in [6, 6.07) is 16.9. The van der Waals surface area contributed by atoms with Gasteiger partial charge in [-0.25, -0.2) is 0 Å². The molecule has 1 heterocycles. The van der Waals surface area contributed by atoms with E-state index in [1.165, 1.54) is 0 Å². The van der Waals surface area contributed by atoms with Crippen LogP contribution in [0.15, 0.2) is 59.6 Å². The van der Waals surface area contributed by atoms with Crippen LogP contribution in [0.25, 0.3) is 0 Å². The van der Waals surface area contributed by atoms with Crippen LogP contribution in [0.4, 0.5) is 5.69 Å². The van der Waals surface area contributed by atoms with Crippen molar-refractivity contribution in [2.75, 3.05) is 25.1 Å². The number of amides is 1. The van der Waals surface area contributed by atoms with Gasteiger partial charge in [0.05, 0.1) is 12.0 Å². The number of rotatable bonds is 6. The van der Waals surface area contributed by atoms with E-state index in [9.17, 15) is 4.79 Å². The van der Waals surface area contributed by atoms with Crippen LogP contribution in [0, 0.1) is 5.41 Å². The number of benzene rings is 2. The van der Waals surface area contributed by atoms with Gasteiger partial charge in [0.2, 0.25) is 5.91 Å². The van der Waals surface area contributed by atoms with Gasteiger partial charge in [-0.15, -0.1) is 24.0 Å². The maximum atomic E-state index is 11.9. The van der Waals surface area contributed by atoms with Gasteiger partial charge in [-0.2, -0.15) is 0 Å². The lowest BCUT2D eigenvalue weighted by atomic mass is 9.79. The molecule has 0 bridgehead atoms. The summed E-state index contributed by atoms with van der Waals surface area (Å²) in [4.78, 5) is 16.2. The van der Waals surface area contributed by atoms with Gasteiger partial charge in [0.25, 0.3) is 0 Å². The van der Waals surface area contributed by atoms with E-state index in [1.54, 1.807) is 0 Å². The van der Waals surface area contributed by atoms with Crippen LogP contribution in [-0.4, -0.2) is 31.6 Å². The Balaban J connectivity index is 0.00000280. The molecule has 1 aliphatic rings. The number of nitrogens with zero attached hydrogens (tertiary/aromatic N) is 1. The number of halogens is 1. The maximum absolute atomic E-state index is 11.9. The maximum Gasteiger partial charge on any atom is 0.225 e. The smallest absolute Gasteiger partial charge is 0.225 e. The summed E-state index contributed by atoms with van der Waals surface area (Å²) in [6.45, 7) is 1.25. The number of primary amides is 1. The minimum Gasteiger partial charge on any atom is -0.457 e. The van der Waals surface area contributed by atoms with E-state index in [0.717, 1.165) is 11.4 Å². The summed E-state index contributed by atoms with van der Waals surface area (Å²) in [6.07, 6.45) is 1.11. The number of hydrogen-bond acceptors (Lipinski definition) is 4. The SMILES string of the molecule is I.NC(=O)C1(CN=C(N)Nc2cccc(Oc3ccccc3)c2)CCOCC1. The molecule has 0 atom stereocenters. The third-order valence-electron chi connectivity index (χ3n) is 4.61. The second-order valence-electron chi connectivity index (χ2n) is 6.53. The lowest BCUT2D eigenvalue weighted by Gasteiger charge is -2.32. The Morgan fingerprint density at radius 3 is 2.43 bits per heavy atom. The summed E-state index contributed by atoms with van der Waals surface area (Å²) in [5.74, 6) is 1.29. The van der Waals surface area contributed by atoms with Crippen molar-refractivity contribution in [1.82, 2.24) is 0 Å². The molecule has 1 amide bonds. The molecule has 2 aromatic rings. The fourth-order valence-electron chi connectivity index (χ4n) is 2.93. The number of carbonyl (C=O) groups is 1. The molecule has 0 aromatic heterocycles. The summed E-state index contributed by atoms with van der Waals surface area (Å²) in [5.41, 5.74) is 11.6. The summed E-state index contributed by atoms with van der Waals surface area (Å²) < 4.78 is 11.1. The Labute approximate surface area is 181 Å². The molecule has 150 valence electrons. The van der Waals surface area contributed by atoms with Gasteiger partial charge in [0, 0.05) is 25.0 Å². The second kappa shape index (κ2) is 10.3. The number of guanidine groups is 1. The minimum absolute atomic E-state index is 0. The van der Waals surface area contributed by atoms with Gasteiger partial charge in [0.1, 0.15) is 11.5 Å². The van der Waals surface area contributed by atoms with E-state index in [2.05, 4.69) is 10.3 Å². The van der Waals surface area contributed by atoms with Crippen molar-refractivity contribution in [3.05, 3.63) is 54.6 Å². The van der Waals surface area contributed by atoms with Gasteiger partial charge in [-0.1, -0.05) is 24.3 Å². The average molecular weight is 496 g/mol. The molecule has 0 unspecified atom stereocenters. The second-order valence-corrected chi connectivity index (χ2v) is 6.53. The van der Waals surface area contributed by atoms with Crippen LogP contribution in [-0.2, 0) is 9.53 Å². The van der Waals surface area contributed by atoms with Crippen LogP contribution >= 0.6 is 24.0 Å². The van der Waals surface area contributed by atoms with Crippen molar-refractivity contribution in [2.24, 2.45) is 21.9 Å². The first-order valence-electron chi connectivity index (χ1n) is 8.85. The zero-order chi connectivity index (χ0) is 19.1. The molecule has 7 nitrogen and oxygen atoms in total. The molecule has 0 spiro atoms. The average Bonchev–Trinajstić information content (AvgIpc) is 2.68. The van der Waals surface area contributed by atoms with Crippen molar-refractivity contribution in [3.8, 4) is 11.5 Å². The first-order chi connectivity index (χ1) is 13.1. The first kappa shape index (κ1) is 22.0. The zero-order valence-corrected chi connectivity index (χ0v) is 17.8. The number of nitrogens with two attached hydrogens (primary N) is 2. The van der Waals surface area contributed by atoms with Gasteiger partial charge >= 0.3 is 0 Å². The number of aliphatic imine (C=N–C) groups is 1. The lowest BCUT2D eigenvalue weighted by molar-refractivity contribution is -0.132. The van der Waals surface area contributed by atoms with Gasteiger partial charge in [-0.05, 0) is 37.1 Å². The minimum atomic E-state index is -0.692. The van der Waals surface area contributed by atoms with Crippen molar-refractivity contribution in [2.45, 2.75) is 12.8 Å². The van der Waals surface area contributed by atoms with Crippen LogP contribution in [0.5, 0.6) is 11.5 Å². The zero-order valence-electron chi connectivity index (χ0n) is 15.5. The highest BCUT2D eigenvalue weighted by Crippen LogP contribution is 2.30. The predicted octanol–water partition coefficient (Wildman–Crippen LogP) is 3.11. The van der Waals surface area contributed by atoms with Gasteiger partial charge < -0.3 is 26.3 Å². The Hall–Kier alpha value is -2.33. The van der Waals surface area contributed by atoms with E-state index in [-0.39, 0.29) is 42.4 Å². The molecule has 0 radical (unpaired) electrons. The van der Waals surface area contributed by atoms with Crippen LogP contribution in [0.1, 0.15) is 12.8 Å². The molecular formula is C20H25IN4O3. The summed E-state index contributed by atoms with van der Waals surface area (Å²) in [5, 5.41) is 3.03. The molecule has 8 heteroatoms. The third kappa shape index (κ3) is 5.83. The fraction of sp³-hybridized carbons (Fsp3) is 0.300. The van der Waals surface area contributed by atoms with Crippen LogP contribution in [0.3, 0.4) is 0 Å². The lowest BCUT2D eigenvalue weighted by Crippen LogP contribution is -2.44. The van der Waals surface area contributed by atoms with E-state index < -0.39 is 5.41 Å². The number of nitrogens with one attached hydrogen (secondary N) is 1. The highest BCUT2D eigenvalue weighted by atomic mass is 127. The molecule has 1 saturated heterocycles. The van der Waals surface area contributed by atoms with E-state index >= 15 is 0 Å². The third-order valence-corrected chi connectivity index (χ3v) is 4.61. The number of ether oxygens (including phenoxy) is 2. The summed E-state index contributed by atoms with van der Waals surface area (Å²) in [7, 11) is 0. The number of para-hydroxylation sites is 1. The first-order valence-corrected chi connectivity index (χ1v) is 8.85. The molecule has 1 aliphatic heterocycles. The summed E-state index contributed by atoms with van der Waals surface area (Å²) >= 11 is 0. The topological polar surface area (TPSA) is 112 Å². The Bertz CT molecular complexity index is 808. The van der Waals surface area contributed by atoms with Crippen LogP contribution in [0.2, 0.25) is 0 Å². The molecule has 3 rings (SSSR count). The molecule has 0 aliphatic carbocycles. The molecule has 0 saturated carbocycles. The predicted molar refractivity (Wildman–Crippen MR) is 120 cm³/mol. The standard InChI is InChI=1S/C20H24N4O3.HI/c21-18(25)20(9-11-26-12-10-20)14-23-19(22)24-15-5-4-8-17(13-15)27-16-6-2-1-3-7-16;/h1-8,13H,9-12,14H2,(H2,21,25)(H3,22,23,24);1H. The highest BCUT2D eigenvalue weighted by Gasteiger charge is 2.38. The highest BCUT2D eigenvalue weighted by molar-refractivity contribution is 14.0. The quantitative estimate of drug-likeness (QED) is 0.323. The number of anilines is 1. The molecule has 2 aromatic carbocycles. The Morgan fingerprint density at radius 2 is 1.75 bits per heavy atom. The van der Waals surface area contributed by atoms with Crippen molar-refractivity contribution in [1.29, 1.82) is 0 Å². The monoisotopic (exact) mass is 496 g/mol. The molecular weight excluding hydrogens is 471 g/mol. The Kier molecular flexibility index (Phi) is 8.06. The van der Waals surface area contributed by atoms with Crippen molar-refractivity contribution in [3.63, 3.8) is 0 Å². The molecule has 5 N–H and O–H groups in total. The van der Waals surface area contributed by atoms with E-state index in [0.29, 0.717) is 31.8 Å².